The third-order valence-corrected chi connectivity index (χ3v) is 5.90. The van der Waals surface area contributed by atoms with Crippen molar-refractivity contribution in [2.75, 3.05) is 49.8 Å². The Morgan fingerprint density at radius 1 is 1.16 bits per heavy atom. The van der Waals surface area contributed by atoms with Crippen LogP contribution in [0.5, 0.6) is 11.5 Å². The predicted octanol–water partition coefficient (Wildman–Crippen LogP) is 0.810. The average Bonchev–Trinajstić information content (AvgIpc) is 3.21. The second-order valence-corrected chi connectivity index (χ2v) is 7.90. The van der Waals surface area contributed by atoms with Gasteiger partial charge in [0, 0.05) is 44.6 Å². The van der Waals surface area contributed by atoms with Crippen LogP contribution in [-0.4, -0.2) is 74.7 Å². The molecule has 1 fully saturated rings. The Hall–Kier alpha value is -3.54. The zero-order valence-electron chi connectivity index (χ0n) is 17.6. The molecule has 1 saturated heterocycles. The highest BCUT2D eigenvalue weighted by atomic mass is 32.2. The van der Waals surface area contributed by atoms with Crippen LogP contribution in [0.3, 0.4) is 0 Å². The van der Waals surface area contributed by atoms with Crippen molar-refractivity contribution in [3.8, 4) is 11.5 Å². The molecule has 0 bridgehead atoms. The third kappa shape index (κ3) is 5.19. The molecular formula is C20H24N8O3S. The van der Waals surface area contributed by atoms with Gasteiger partial charge in [0.15, 0.2) is 5.82 Å². The van der Waals surface area contributed by atoms with Crippen molar-refractivity contribution in [2.45, 2.75) is 11.8 Å². The van der Waals surface area contributed by atoms with E-state index in [9.17, 15) is 4.79 Å². The molecule has 0 unspecified atom stereocenters. The molecule has 1 aliphatic heterocycles. The number of thioether (sulfide) groups is 1. The number of rotatable bonds is 8. The molecule has 11 nitrogen and oxygen atoms in total. The number of methoxy groups -OCH3 is 1. The van der Waals surface area contributed by atoms with E-state index in [4.69, 9.17) is 15.3 Å². The van der Waals surface area contributed by atoms with Crippen LogP contribution in [0.1, 0.15) is 5.82 Å². The SMILES string of the molecule is COc1cccc(OCc2nnc(SCC(=O)N3CCN(c4cnccn4)CC3)n2N)c1. The van der Waals surface area contributed by atoms with Crippen molar-refractivity contribution in [3.63, 3.8) is 0 Å². The van der Waals surface area contributed by atoms with Crippen molar-refractivity contribution in [1.82, 2.24) is 29.7 Å². The Morgan fingerprint density at radius 2 is 1.97 bits per heavy atom. The summed E-state index contributed by atoms with van der Waals surface area (Å²) < 4.78 is 12.2. The van der Waals surface area contributed by atoms with Gasteiger partial charge >= 0.3 is 0 Å². The molecule has 2 aromatic heterocycles. The van der Waals surface area contributed by atoms with E-state index in [0.717, 1.165) is 5.82 Å². The predicted molar refractivity (Wildman–Crippen MR) is 119 cm³/mol. The third-order valence-electron chi connectivity index (χ3n) is 4.97. The second kappa shape index (κ2) is 10.2. The maximum absolute atomic E-state index is 12.6. The van der Waals surface area contributed by atoms with Crippen LogP contribution in [0.15, 0.2) is 48.0 Å². The molecule has 0 saturated carbocycles. The molecule has 3 heterocycles. The van der Waals surface area contributed by atoms with E-state index in [-0.39, 0.29) is 18.3 Å². The van der Waals surface area contributed by atoms with Gasteiger partial charge in [-0.2, -0.15) is 0 Å². The topological polar surface area (TPSA) is 125 Å². The van der Waals surface area contributed by atoms with E-state index in [1.807, 2.05) is 23.1 Å². The first kappa shape index (κ1) is 21.7. The molecule has 3 aromatic rings. The number of aromatic nitrogens is 5. The Balaban J connectivity index is 1.25. The number of hydrogen-bond donors (Lipinski definition) is 1. The van der Waals surface area contributed by atoms with Crippen LogP contribution in [0.2, 0.25) is 0 Å². The molecule has 0 spiro atoms. The highest BCUT2D eigenvalue weighted by molar-refractivity contribution is 7.99. The zero-order chi connectivity index (χ0) is 22.3. The van der Waals surface area contributed by atoms with Crippen LogP contribution in [0.4, 0.5) is 5.82 Å². The smallest absolute Gasteiger partial charge is 0.233 e. The first-order valence-electron chi connectivity index (χ1n) is 10.0. The first-order valence-corrected chi connectivity index (χ1v) is 11.0. The summed E-state index contributed by atoms with van der Waals surface area (Å²) in [5.74, 6) is 8.98. The molecule has 0 atom stereocenters. The van der Waals surface area contributed by atoms with Gasteiger partial charge in [-0.3, -0.25) is 9.78 Å². The Bertz CT molecular complexity index is 1040. The van der Waals surface area contributed by atoms with Crippen LogP contribution >= 0.6 is 11.8 Å². The minimum atomic E-state index is 0.0333. The van der Waals surface area contributed by atoms with Gasteiger partial charge in [0.2, 0.25) is 11.1 Å². The summed E-state index contributed by atoms with van der Waals surface area (Å²) in [6, 6.07) is 7.26. The van der Waals surface area contributed by atoms with Gasteiger partial charge in [-0.25, -0.2) is 9.66 Å². The van der Waals surface area contributed by atoms with Gasteiger partial charge in [-0.1, -0.05) is 17.8 Å². The number of piperazine rings is 1. The molecular weight excluding hydrogens is 432 g/mol. The van der Waals surface area contributed by atoms with Crippen LogP contribution < -0.4 is 20.2 Å². The van der Waals surface area contributed by atoms with Gasteiger partial charge in [-0.15, -0.1) is 10.2 Å². The summed E-state index contributed by atoms with van der Waals surface area (Å²) in [7, 11) is 1.60. The number of anilines is 1. The lowest BCUT2D eigenvalue weighted by Crippen LogP contribution is -2.49. The first-order chi connectivity index (χ1) is 15.6. The standard InChI is InChI=1S/C20H24N8O3S/c1-30-15-3-2-4-16(11-15)31-13-18-24-25-20(28(18)21)32-14-19(29)27-9-7-26(8-10-27)17-12-22-5-6-23-17/h2-6,11-12H,7-10,13-14,21H2,1H3. The largest absolute Gasteiger partial charge is 0.497 e. The number of nitrogens with zero attached hydrogens (tertiary/aromatic N) is 7. The van der Waals surface area contributed by atoms with Crippen LogP contribution in [0.25, 0.3) is 0 Å². The number of carbonyl (C=O) groups is 1. The maximum Gasteiger partial charge on any atom is 0.233 e. The lowest BCUT2D eigenvalue weighted by Gasteiger charge is -2.35. The van der Waals surface area contributed by atoms with E-state index in [1.165, 1.54) is 16.4 Å². The van der Waals surface area contributed by atoms with E-state index in [1.54, 1.807) is 31.8 Å². The fourth-order valence-electron chi connectivity index (χ4n) is 3.20. The summed E-state index contributed by atoms with van der Waals surface area (Å²) >= 11 is 1.26. The number of nitrogens with two attached hydrogens (primary N) is 1. The maximum atomic E-state index is 12.6. The minimum absolute atomic E-state index is 0.0333. The summed E-state index contributed by atoms with van der Waals surface area (Å²) in [6.45, 7) is 2.84. The Kier molecular flexibility index (Phi) is 6.90. The molecule has 32 heavy (non-hydrogen) atoms. The summed E-state index contributed by atoms with van der Waals surface area (Å²) in [5, 5.41) is 8.62. The second-order valence-electron chi connectivity index (χ2n) is 6.96. The van der Waals surface area contributed by atoms with Gasteiger partial charge in [0.05, 0.1) is 19.1 Å². The number of ether oxygens (including phenoxy) is 2. The summed E-state index contributed by atoms with van der Waals surface area (Å²) in [6.07, 6.45) is 5.05. The highest BCUT2D eigenvalue weighted by Gasteiger charge is 2.23. The lowest BCUT2D eigenvalue weighted by atomic mass is 10.3. The van der Waals surface area contributed by atoms with Crippen molar-refractivity contribution in [2.24, 2.45) is 0 Å². The van der Waals surface area contributed by atoms with Crippen molar-refractivity contribution in [1.29, 1.82) is 0 Å². The van der Waals surface area contributed by atoms with Crippen LogP contribution in [-0.2, 0) is 11.4 Å². The number of carbonyl (C=O) groups excluding carboxylic acids is 1. The summed E-state index contributed by atoms with van der Waals surface area (Å²) in [4.78, 5) is 25.0. The lowest BCUT2D eigenvalue weighted by molar-refractivity contribution is -0.128. The van der Waals surface area contributed by atoms with E-state index >= 15 is 0 Å². The average molecular weight is 457 g/mol. The molecule has 1 aromatic carbocycles. The van der Waals surface area contributed by atoms with Gasteiger partial charge in [-0.05, 0) is 12.1 Å². The zero-order valence-corrected chi connectivity index (χ0v) is 18.4. The van der Waals surface area contributed by atoms with Gasteiger partial charge < -0.3 is 25.1 Å². The van der Waals surface area contributed by atoms with E-state index < -0.39 is 0 Å². The van der Waals surface area contributed by atoms with E-state index in [2.05, 4.69) is 25.1 Å². The molecule has 1 amide bonds. The molecule has 12 heteroatoms. The molecule has 2 N–H and O–H groups in total. The molecule has 0 radical (unpaired) electrons. The molecule has 168 valence electrons. The summed E-state index contributed by atoms with van der Waals surface area (Å²) in [5.41, 5.74) is 0. The Morgan fingerprint density at radius 3 is 2.72 bits per heavy atom. The fourth-order valence-corrected chi connectivity index (χ4v) is 3.98. The molecule has 1 aliphatic rings. The molecule has 0 aliphatic carbocycles. The molecule has 4 rings (SSSR count). The van der Waals surface area contributed by atoms with Crippen LogP contribution in [0, 0.1) is 0 Å². The van der Waals surface area contributed by atoms with E-state index in [0.29, 0.717) is 48.7 Å². The number of hydrogen-bond acceptors (Lipinski definition) is 10. The monoisotopic (exact) mass is 456 g/mol. The normalized spacial score (nSPS) is 13.8. The quantitative estimate of drug-likeness (QED) is 0.384. The minimum Gasteiger partial charge on any atom is -0.497 e. The van der Waals surface area contributed by atoms with Crippen molar-refractivity contribution >= 4 is 23.5 Å². The van der Waals surface area contributed by atoms with Gasteiger partial charge in [0.1, 0.15) is 23.9 Å². The fraction of sp³-hybridized carbons (Fsp3) is 0.350. The van der Waals surface area contributed by atoms with Crippen molar-refractivity contribution in [3.05, 3.63) is 48.7 Å². The number of benzene rings is 1. The number of nitrogen functional groups attached to an aromatic ring is 1. The van der Waals surface area contributed by atoms with Gasteiger partial charge in [0.25, 0.3) is 0 Å². The van der Waals surface area contributed by atoms with Crippen molar-refractivity contribution < 1.29 is 14.3 Å². The Labute approximate surface area is 189 Å². The highest BCUT2D eigenvalue weighted by Crippen LogP contribution is 2.21. The number of amides is 1.